The van der Waals surface area contributed by atoms with Crippen LogP contribution in [0.5, 0.6) is 0 Å². The largest absolute Gasteiger partial charge is 0.465 e. The van der Waals surface area contributed by atoms with Crippen molar-refractivity contribution in [2.45, 2.75) is 32.2 Å². The van der Waals surface area contributed by atoms with E-state index < -0.39 is 6.04 Å². The Labute approximate surface area is 129 Å². The average Bonchev–Trinajstić information content (AvgIpc) is 2.43. The van der Waals surface area contributed by atoms with E-state index in [1.54, 1.807) is 12.1 Å². The van der Waals surface area contributed by atoms with Gasteiger partial charge in [0.15, 0.2) is 0 Å². The number of hydrogen-bond donors (Lipinski definition) is 0. The molecular weight excluding hydrogens is 297 g/mol. The van der Waals surface area contributed by atoms with E-state index in [0.29, 0.717) is 16.7 Å². The standard InChI is InChI=1S/C15H19Cl2NO2/c1-2-20-15(19)14(18-8-4-3-5-9-18)12-7-6-11(16)10-13(12)17/h6-7,10,14H,2-5,8-9H2,1H3/t14-/m1/s1. The Kier molecular flexibility index (Phi) is 5.70. The maximum absolute atomic E-state index is 12.3. The van der Waals surface area contributed by atoms with Gasteiger partial charge < -0.3 is 4.74 Å². The second-order valence-corrected chi connectivity index (χ2v) is 5.76. The molecule has 1 heterocycles. The van der Waals surface area contributed by atoms with E-state index in [9.17, 15) is 4.79 Å². The van der Waals surface area contributed by atoms with Crippen LogP contribution in [0.3, 0.4) is 0 Å². The Morgan fingerprint density at radius 1 is 1.30 bits per heavy atom. The van der Waals surface area contributed by atoms with Crippen molar-refractivity contribution in [1.82, 2.24) is 4.90 Å². The molecule has 1 aliphatic heterocycles. The van der Waals surface area contributed by atoms with Gasteiger partial charge in [-0.05, 0) is 50.6 Å². The predicted molar refractivity (Wildman–Crippen MR) is 81.3 cm³/mol. The Balaban J connectivity index is 2.31. The zero-order valence-corrected chi connectivity index (χ0v) is 13.1. The van der Waals surface area contributed by atoms with Crippen LogP contribution in [0, 0.1) is 0 Å². The number of carbonyl (C=O) groups excluding carboxylic acids is 1. The maximum atomic E-state index is 12.3. The lowest BCUT2D eigenvalue weighted by atomic mass is 10.0. The van der Waals surface area contributed by atoms with Crippen LogP contribution in [0.25, 0.3) is 0 Å². The predicted octanol–water partition coefficient (Wildman–Crippen LogP) is 4.08. The molecule has 3 nitrogen and oxygen atoms in total. The molecule has 0 aromatic heterocycles. The van der Waals surface area contributed by atoms with Crippen molar-refractivity contribution in [2.24, 2.45) is 0 Å². The molecule has 1 atom stereocenters. The van der Waals surface area contributed by atoms with Crippen LogP contribution in [0.1, 0.15) is 37.8 Å². The molecule has 2 rings (SSSR count). The fourth-order valence-electron chi connectivity index (χ4n) is 2.59. The lowest BCUT2D eigenvalue weighted by Gasteiger charge is -2.33. The summed E-state index contributed by atoms with van der Waals surface area (Å²) in [6.07, 6.45) is 3.41. The summed E-state index contributed by atoms with van der Waals surface area (Å²) in [5.41, 5.74) is 0.774. The van der Waals surface area contributed by atoms with Crippen molar-refractivity contribution in [3.8, 4) is 0 Å². The Hall–Kier alpha value is -0.770. The van der Waals surface area contributed by atoms with Crippen LogP contribution in [-0.2, 0) is 9.53 Å². The number of likely N-dealkylation sites (tertiary alicyclic amines) is 1. The number of ether oxygens (including phenoxy) is 1. The minimum Gasteiger partial charge on any atom is -0.465 e. The van der Waals surface area contributed by atoms with Gasteiger partial charge in [-0.15, -0.1) is 0 Å². The minimum absolute atomic E-state index is 0.237. The summed E-state index contributed by atoms with van der Waals surface area (Å²) in [4.78, 5) is 14.5. The number of rotatable bonds is 4. The summed E-state index contributed by atoms with van der Waals surface area (Å²) in [6, 6.07) is 4.83. The molecule has 1 fully saturated rings. The van der Waals surface area contributed by atoms with Gasteiger partial charge in [-0.3, -0.25) is 4.90 Å². The third kappa shape index (κ3) is 3.66. The smallest absolute Gasteiger partial charge is 0.328 e. The molecule has 20 heavy (non-hydrogen) atoms. The molecule has 110 valence electrons. The highest BCUT2D eigenvalue weighted by molar-refractivity contribution is 6.35. The number of hydrogen-bond acceptors (Lipinski definition) is 3. The fraction of sp³-hybridized carbons (Fsp3) is 0.533. The lowest BCUT2D eigenvalue weighted by molar-refractivity contribution is -0.150. The topological polar surface area (TPSA) is 29.5 Å². The highest BCUT2D eigenvalue weighted by atomic mass is 35.5. The van der Waals surface area contributed by atoms with Crippen LogP contribution >= 0.6 is 23.2 Å². The van der Waals surface area contributed by atoms with Crippen molar-refractivity contribution < 1.29 is 9.53 Å². The molecule has 0 N–H and O–H groups in total. The van der Waals surface area contributed by atoms with Crippen LogP contribution in [-0.4, -0.2) is 30.6 Å². The highest BCUT2D eigenvalue weighted by Crippen LogP contribution is 2.32. The normalized spacial score (nSPS) is 17.8. The molecular formula is C15H19Cl2NO2. The number of esters is 1. The van der Waals surface area contributed by atoms with Crippen molar-refractivity contribution >= 4 is 29.2 Å². The second kappa shape index (κ2) is 7.30. The first-order chi connectivity index (χ1) is 9.63. The molecule has 1 aromatic carbocycles. The Bertz CT molecular complexity index is 473. The molecule has 0 aliphatic carbocycles. The van der Waals surface area contributed by atoms with Gasteiger partial charge in [0.25, 0.3) is 0 Å². The number of piperidine rings is 1. The average molecular weight is 316 g/mol. The molecule has 0 unspecified atom stereocenters. The van der Waals surface area contributed by atoms with Crippen molar-refractivity contribution in [2.75, 3.05) is 19.7 Å². The van der Waals surface area contributed by atoms with E-state index >= 15 is 0 Å². The van der Waals surface area contributed by atoms with Crippen LogP contribution in [0.2, 0.25) is 10.0 Å². The highest BCUT2D eigenvalue weighted by Gasteiger charge is 2.31. The van der Waals surface area contributed by atoms with Gasteiger partial charge in [0.05, 0.1) is 6.61 Å². The minimum atomic E-state index is -0.431. The van der Waals surface area contributed by atoms with Gasteiger partial charge in [-0.25, -0.2) is 4.79 Å². The van der Waals surface area contributed by atoms with E-state index in [2.05, 4.69) is 4.90 Å². The van der Waals surface area contributed by atoms with Gasteiger partial charge in [-0.2, -0.15) is 0 Å². The summed E-state index contributed by atoms with van der Waals surface area (Å²) >= 11 is 12.2. The van der Waals surface area contributed by atoms with Crippen LogP contribution in [0.15, 0.2) is 18.2 Å². The summed E-state index contributed by atoms with van der Waals surface area (Å²) in [5, 5.41) is 1.08. The fourth-order valence-corrected chi connectivity index (χ4v) is 3.11. The first kappa shape index (κ1) is 15.6. The number of carbonyl (C=O) groups is 1. The molecule has 0 bridgehead atoms. The zero-order valence-electron chi connectivity index (χ0n) is 11.6. The van der Waals surface area contributed by atoms with Gasteiger partial charge in [0.1, 0.15) is 6.04 Å². The zero-order chi connectivity index (χ0) is 14.5. The van der Waals surface area contributed by atoms with E-state index in [1.165, 1.54) is 6.42 Å². The quantitative estimate of drug-likeness (QED) is 0.784. The molecule has 0 spiro atoms. The molecule has 0 radical (unpaired) electrons. The van der Waals surface area contributed by atoms with Crippen molar-refractivity contribution in [3.05, 3.63) is 33.8 Å². The maximum Gasteiger partial charge on any atom is 0.328 e. The Morgan fingerprint density at radius 3 is 2.60 bits per heavy atom. The van der Waals surface area contributed by atoms with Gasteiger partial charge in [0, 0.05) is 10.0 Å². The molecule has 0 saturated carbocycles. The number of benzene rings is 1. The van der Waals surface area contributed by atoms with E-state index in [0.717, 1.165) is 31.5 Å². The molecule has 1 aromatic rings. The molecule has 1 aliphatic rings. The first-order valence-electron chi connectivity index (χ1n) is 6.99. The monoisotopic (exact) mass is 315 g/mol. The number of halogens is 2. The summed E-state index contributed by atoms with van der Waals surface area (Å²) in [5.74, 6) is -0.237. The van der Waals surface area contributed by atoms with Crippen LogP contribution < -0.4 is 0 Å². The second-order valence-electron chi connectivity index (χ2n) is 4.92. The van der Waals surface area contributed by atoms with E-state index in [1.807, 2.05) is 13.0 Å². The summed E-state index contributed by atoms with van der Waals surface area (Å²) in [6.45, 7) is 3.97. The van der Waals surface area contributed by atoms with Crippen molar-refractivity contribution in [3.63, 3.8) is 0 Å². The number of nitrogens with zero attached hydrogens (tertiary/aromatic N) is 1. The Morgan fingerprint density at radius 2 is 2.00 bits per heavy atom. The van der Waals surface area contributed by atoms with Gasteiger partial charge in [0.2, 0.25) is 0 Å². The first-order valence-corrected chi connectivity index (χ1v) is 7.74. The SMILES string of the molecule is CCOC(=O)[C@@H](c1ccc(Cl)cc1Cl)N1CCCCC1. The van der Waals surface area contributed by atoms with Gasteiger partial charge in [-0.1, -0.05) is 35.7 Å². The third-order valence-corrected chi connectivity index (χ3v) is 4.09. The van der Waals surface area contributed by atoms with E-state index in [4.69, 9.17) is 27.9 Å². The molecule has 5 heteroatoms. The summed E-state index contributed by atoms with van der Waals surface area (Å²) < 4.78 is 5.22. The van der Waals surface area contributed by atoms with Crippen molar-refractivity contribution in [1.29, 1.82) is 0 Å². The van der Waals surface area contributed by atoms with Crippen LogP contribution in [0.4, 0.5) is 0 Å². The third-order valence-electron chi connectivity index (χ3n) is 3.52. The van der Waals surface area contributed by atoms with Gasteiger partial charge >= 0.3 is 5.97 Å². The van der Waals surface area contributed by atoms with E-state index in [-0.39, 0.29) is 5.97 Å². The lowest BCUT2D eigenvalue weighted by Crippen LogP contribution is -2.38. The molecule has 0 amide bonds. The molecule has 1 saturated heterocycles. The summed E-state index contributed by atoms with van der Waals surface area (Å²) in [7, 11) is 0.